The number of nitrogens with zero attached hydrogens (tertiary/aromatic N) is 3. The zero-order valence-corrected chi connectivity index (χ0v) is 21.8. The molecule has 1 fully saturated rings. The molecule has 9 nitrogen and oxygen atoms in total. The lowest BCUT2D eigenvalue weighted by Crippen LogP contribution is -2.48. The van der Waals surface area contributed by atoms with Crippen LogP contribution in [0.3, 0.4) is 0 Å². The smallest absolute Gasteiger partial charge is 0.221 e. The lowest BCUT2D eigenvalue weighted by Gasteiger charge is -2.34. The van der Waals surface area contributed by atoms with E-state index in [0.29, 0.717) is 18.8 Å². The lowest BCUT2D eigenvalue weighted by molar-refractivity contribution is -0.120. The minimum atomic E-state index is -3.63. The summed E-state index contributed by atoms with van der Waals surface area (Å²) < 4.78 is 49.5. The van der Waals surface area contributed by atoms with Crippen LogP contribution in [0.4, 0.5) is 9.52 Å². The fourth-order valence-corrected chi connectivity index (χ4v) is 6.37. The third kappa shape index (κ3) is 6.05. The van der Waals surface area contributed by atoms with Crippen LogP contribution in [0, 0.1) is 5.82 Å². The van der Waals surface area contributed by atoms with Gasteiger partial charge in [-0.2, -0.15) is 0 Å². The second-order valence-electron chi connectivity index (χ2n) is 8.35. The number of halogens is 1. The van der Waals surface area contributed by atoms with E-state index in [2.05, 4.69) is 15.1 Å². The van der Waals surface area contributed by atoms with Crippen LogP contribution in [0.2, 0.25) is 0 Å². The Morgan fingerprint density at radius 2 is 1.72 bits per heavy atom. The van der Waals surface area contributed by atoms with Gasteiger partial charge in [0.2, 0.25) is 5.91 Å². The van der Waals surface area contributed by atoms with Crippen LogP contribution in [-0.4, -0.2) is 83.4 Å². The van der Waals surface area contributed by atoms with Gasteiger partial charge >= 0.3 is 0 Å². The first-order chi connectivity index (χ1) is 17.3. The number of nitrogens with one attached hydrogen (secondary N) is 1. The number of aromatic nitrogens is 1. The standard InChI is InChI=1S/C24H29FN4O5S2/c1-33-19-7-8-20(34-2)23-22(19)27-24(35-23)29-14-12-28(13-15-29)11-10-26-21(30)9-16-36(31,32)18-5-3-17(25)4-6-18/h3-8H,9-16H2,1-2H3,(H,26,30). The van der Waals surface area contributed by atoms with Gasteiger partial charge in [0.15, 0.2) is 15.0 Å². The molecule has 0 aliphatic carbocycles. The predicted octanol–water partition coefficient (Wildman–Crippen LogP) is 2.55. The SMILES string of the molecule is COc1ccc(OC)c2sc(N3CCN(CCNC(=O)CCS(=O)(=O)c4ccc(F)cc4)CC3)nc12. The maximum Gasteiger partial charge on any atom is 0.221 e. The van der Waals surface area contributed by atoms with Crippen LogP contribution in [0.15, 0.2) is 41.3 Å². The molecule has 194 valence electrons. The van der Waals surface area contributed by atoms with Gasteiger partial charge in [0.05, 0.1) is 24.9 Å². The van der Waals surface area contributed by atoms with E-state index in [1.54, 1.807) is 25.6 Å². The zero-order valence-electron chi connectivity index (χ0n) is 20.2. The van der Waals surface area contributed by atoms with Crippen LogP contribution >= 0.6 is 11.3 Å². The molecule has 4 rings (SSSR count). The number of amides is 1. The van der Waals surface area contributed by atoms with Crippen molar-refractivity contribution in [2.24, 2.45) is 0 Å². The topological polar surface area (TPSA) is 101 Å². The van der Waals surface area contributed by atoms with E-state index in [1.165, 1.54) is 12.1 Å². The summed E-state index contributed by atoms with van der Waals surface area (Å²) in [6, 6.07) is 8.35. The van der Waals surface area contributed by atoms with Gasteiger partial charge in [-0.05, 0) is 36.4 Å². The number of methoxy groups -OCH3 is 2. The molecule has 12 heteroatoms. The summed E-state index contributed by atoms with van der Waals surface area (Å²) in [5.41, 5.74) is 0.795. The molecule has 0 unspecified atom stereocenters. The van der Waals surface area contributed by atoms with Crippen molar-refractivity contribution < 1.29 is 27.1 Å². The number of anilines is 1. The van der Waals surface area contributed by atoms with E-state index >= 15 is 0 Å². The molecule has 0 spiro atoms. The first-order valence-corrected chi connectivity index (χ1v) is 14.0. The third-order valence-electron chi connectivity index (χ3n) is 6.06. The molecule has 1 aliphatic heterocycles. The summed E-state index contributed by atoms with van der Waals surface area (Å²) in [6.07, 6.45) is -0.141. The highest BCUT2D eigenvalue weighted by Crippen LogP contribution is 2.40. The Balaban J connectivity index is 1.22. The lowest BCUT2D eigenvalue weighted by atomic mass is 10.3. The molecule has 2 heterocycles. The number of piperazine rings is 1. The van der Waals surface area contributed by atoms with Crippen molar-refractivity contribution in [2.45, 2.75) is 11.3 Å². The molecule has 1 aromatic heterocycles. The number of hydrogen-bond acceptors (Lipinski definition) is 9. The van der Waals surface area contributed by atoms with Crippen molar-refractivity contribution in [3.8, 4) is 11.5 Å². The van der Waals surface area contributed by atoms with Crippen molar-refractivity contribution in [3.63, 3.8) is 0 Å². The fraction of sp³-hybridized carbons (Fsp3) is 0.417. The second-order valence-corrected chi connectivity index (χ2v) is 11.4. The van der Waals surface area contributed by atoms with E-state index in [0.717, 1.165) is 59.4 Å². The highest BCUT2D eigenvalue weighted by atomic mass is 32.2. The summed E-state index contributed by atoms with van der Waals surface area (Å²) in [4.78, 5) is 21.4. The molecule has 0 radical (unpaired) electrons. The van der Waals surface area contributed by atoms with Crippen LogP contribution in [0.5, 0.6) is 11.5 Å². The molecule has 1 N–H and O–H groups in total. The number of thiazole rings is 1. The molecule has 1 aliphatic rings. The Bertz CT molecular complexity index is 1270. The minimum Gasteiger partial charge on any atom is -0.495 e. The number of carbonyl (C=O) groups excluding carboxylic acids is 1. The summed E-state index contributed by atoms with van der Waals surface area (Å²) in [5.74, 6) is 0.341. The number of sulfone groups is 1. The van der Waals surface area contributed by atoms with Crippen LogP contribution < -0.4 is 19.7 Å². The molecular weight excluding hydrogens is 507 g/mol. The van der Waals surface area contributed by atoms with E-state index in [1.807, 2.05) is 12.1 Å². The highest BCUT2D eigenvalue weighted by Gasteiger charge is 2.22. The summed E-state index contributed by atoms with van der Waals surface area (Å²) in [7, 11) is -0.364. The van der Waals surface area contributed by atoms with Crippen molar-refractivity contribution in [1.82, 2.24) is 15.2 Å². The molecule has 1 amide bonds. The Morgan fingerprint density at radius 1 is 1.06 bits per heavy atom. The van der Waals surface area contributed by atoms with Gasteiger partial charge in [-0.1, -0.05) is 11.3 Å². The van der Waals surface area contributed by atoms with Gasteiger partial charge in [-0.3, -0.25) is 9.69 Å². The molecular formula is C24H29FN4O5S2. The van der Waals surface area contributed by atoms with Gasteiger partial charge in [0, 0.05) is 45.7 Å². The van der Waals surface area contributed by atoms with Gasteiger partial charge in [-0.15, -0.1) is 0 Å². The Labute approximate surface area is 213 Å². The van der Waals surface area contributed by atoms with Crippen molar-refractivity contribution >= 4 is 42.4 Å². The summed E-state index contributed by atoms with van der Waals surface area (Å²) in [5, 5.41) is 3.71. The Kier molecular flexibility index (Phi) is 8.27. The number of hydrogen-bond donors (Lipinski definition) is 1. The third-order valence-corrected chi connectivity index (χ3v) is 8.93. The minimum absolute atomic E-state index is 0.0135. The maximum atomic E-state index is 13.0. The molecule has 1 saturated heterocycles. The zero-order chi connectivity index (χ0) is 25.7. The van der Waals surface area contributed by atoms with Crippen molar-refractivity contribution in [2.75, 3.05) is 64.1 Å². The molecule has 2 aromatic carbocycles. The van der Waals surface area contributed by atoms with Crippen molar-refractivity contribution in [3.05, 3.63) is 42.2 Å². The summed E-state index contributed by atoms with van der Waals surface area (Å²) >= 11 is 1.58. The largest absolute Gasteiger partial charge is 0.495 e. The summed E-state index contributed by atoms with van der Waals surface area (Å²) in [6.45, 7) is 4.34. The number of fused-ring (bicyclic) bond motifs is 1. The van der Waals surface area contributed by atoms with E-state index in [9.17, 15) is 17.6 Å². The monoisotopic (exact) mass is 536 g/mol. The predicted molar refractivity (Wildman–Crippen MR) is 137 cm³/mol. The maximum absolute atomic E-state index is 13.0. The highest BCUT2D eigenvalue weighted by molar-refractivity contribution is 7.91. The number of ether oxygens (including phenoxy) is 2. The first kappa shape index (κ1) is 26.1. The fourth-order valence-electron chi connectivity index (χ4n) is 4.00. The van der Waals surface area contributed by atoms with Gasteiger partial charge in [-0.25, -0.2) is 17.8 Å². The van der Waals surface area contributed by atoms with Gasteiger partial charge in [0.25, 0.3) is 0 Å². The van der Waals surface area contributed by atoms with Gasteiger partial charge in [0.1, 0.15) is 27.5 Å². The van der Waals surface area contributed by atoms with E-state index in [4.69, 9.17) is 14.5 Å². The molecule has 0 saturated carbocycles. The number of benzene rings is 2. The average molecular weight is 537 g/mol. The number of rotatable bonds is 10. The van der Waals surface area contributed by atoms with Crippen molar-refractivity contribution in [1.29, 1.82) is 0 Å². The molecule has 0 bridgehead atoms. The van der Waals surface area contributed by atoms with Crippen LogP contribution in [0.25, 0.3) is 10.2 Å². The Hall–Kier alpha value is -2.96. The molecule has 0 atom stereocenters. The molecule has 3 aromatic rings. The number of carbonyl (C=O) groups is 1. The van der Waals surface area contributed by atoms with Crippen LogP contribution in [0.1, 0.15) is 6.42 Å². The Morgan fingerprint density at radius 3 is 2.39 bits per heavy atom. The second kappa shape index (κ2) is 11.4. The quantitative estimate of drug-likeness (QED) is 0.395. The molecule has 36 heavy (non-hydrogen) atoms. The van der Waals surface area contributed by atoms with E-state index < -0.39 is 15.7 Å². The average Bonchev–Trinajstić information content (AvgIpc) is 3.33. The van der Waals surface area contributed by atoms with Gasteiger partial charge < -0.3 is 19.7 Å². The first-order valence-electron chi connectivity index (χ1n) is 11.5. The normalized spacial score (nSPS) is 14.7. The van der Waals surface area contributed by atoms with Crippen LogP contribution in [-0.2, 0) is 14.6 Å². The van der Waals surface area contributed by atoms with E-state index in [-0.39, 0.29) is 23.0 Å².